The molecule has 19 amide bonds. The van der Waals surface area contributed by atoms with E-state index in [1.54, 1.807) is 96.4 Å². The largest absolute Gasteiger partial charge is 2.00 e. The fourth-order valence-corrected chi connectivity index (χ4v) is 15.6. The van der Waals surface area contributed by atoms with Crippen LogP contribution in [0.25, 0.3) is 10.9 Å². The van der Waals surface area contributed by atoms with Crippen molar-refractivity contribution >= 4 is 171 Å². The Labute approximate surface area is 848 Å². The minimum absolute atomic E-state index is 0. The number of likely N-dealkylation sites (tertiary alicyclic amines) is 1. The molecular weight excluding hydrogens is 1950 g/mol. The van der Waals surface area contributed by atoms with Gasteiger partial charge >= 0.3 is 17.1 Å². The molecule has 1 saturated heterocycles. The Balaban J connectivity index is 0.00000678. The summed E-state index contributed by atoms with van der Waals surface area (Å²) in [6.45, 7) is 5.76. The Morgan fingerprint density at radius 1 is 0.535 bits per heavy atom. The van der Waals surface area contributed by atoms with Gasteiger partial charge in [0.05, 0.1) is 43.3 Å². The van der Waals surface area contributed by atoms with Crippen molar-refractivity contribution in [2.75, 3.05) is 62.6 Å². The standard InChI is InChI=1S/C84H128N27O22S3.C5H5.Fe/c1-8-42(3)68(106-72(122)49(85)18-14-28-94-84(90)91)82(132)104-56(35-63(87)114)78(128)102-57(36-64(88)115)79(129)107-69(43(4)9-2)83(133)110-38-47(111-39-58(108-109-111)45-15-10-11-16-45)34-61(110)81(131)103-55(33-46-37-95-50-19-13-12-17-48(46)50)77(127)105-59(40-112)80(130)100-52(21-23-67(118)119)75(125)96-44(5)71(121)99-54(27-32-136-7)76(126)101-53(26-31-135-6)74(124)93-29-24-65(116)97-51(20-22-62(86)113)73(123)92-30-25-66(117)98-60(41-134)70(89)120;1-2-4-5-3-1;/h10-13,15-17,19,37,39,42-44,47,49,51-57,59-61,68-69,95,112,134H,8-9,14,18,20-36,38,40-41,85H2,1-7H3,(H2,86,113)(H2,87,114)(H2,88,115)(H2,89,120)(H,92,123)(H,93,124)(H,96,125)(H,97,116)(H,98,117)(H,99,121)(H,100,130)(H,101,126)(H,102,128)(H,103,131)(H,104,132)(H,105,127)(H,106,122)(H,107,129)(H,118,119)(H4,90,91,94);1-5H;/q;;+2/p-2/t42-,43-,44-,47-,49-,51-,52-,53-,54-,55-,56-,57-,59-,60-,61-,68-,69-;;/m0../s1. The quantitative estimate of drug-likeness (QED) is 0.00820. The van der Waals surface area contributed by atoms with Crippen molar-refractivity contribution < 1.29 is 123 Å². The third-order valence-electron chi connectivity index (χ3n) is 22.8. The Hall–Kier alpha value is -11.9. The molecule has 3 heterocycles. The smallest absolute Gasteiger partial charge is 0.790 e. The summed E-state index contributed by atoms with van der Waals surface area (Å²) in [4.78, 5) is 277. The third-order valence-corrected chi connectivity index (χ3v) is 24.4. The van der Waals surface area contributed by atoms with E-state index in [4.69, 9.17) is 52.4 Å². The second-order valence-electron chi connectivity index (χ2n) is 33.6. The van der Waals surface area contributed by atoms with Crippen molar-refractivity contribution in [1.29, 1.82) is 5.41 Å². The van der Waals surface area contributed by atoms with Crippen LogP contribution in [0.15, 0.2) is 36.7 Å². The van der Waals surface area contributed by atoms with Crippen molar-refractivity contribution in [2.24, 2.45) is 46.2 Å². The summed E-state index contributed by atoms with van der Waals surface area (Å²) in [6.07, 6.45) is 18.9. The number of aliphatic hydroxyl groups is 1. The normalized spacial score (nSPS) is 17.0. The van der Waals surface area contributed by atoms with Gasteiger partial charge in [-0.25, -0.2) is 4.68 Å². The maximum absolute atomic E-state index is 15.7. The molecule has 10 radical (unpaired) electrons. The SMILES string of the molecule is CC[C@H](C)[C@H](NC(=O)[C@@H](N)CCCNC(=N)N)C(=O)N[C@@H](CC(N)=O)C(=O)N[C@@H](CC(N)=O)C(=O)N[C@H](C(=O)N1C[C@@H](n2cc([C]3[CH][CH][CH][CH]3)nn2)C[C@H]1C(=O)N[C@@H](Cc1c[nH]c2ccccc12)C(=O)N[C@@H](CO)C(=O)N[C@@H](CCC(=O)[O-])C(=O)N[C@@H](C)C(=O)N[C@@H](CCSC)C(=O)N[C@@H](CCSC)C(=O)NCCC(=O)N[C@@H](CCC(N)=O)C(=O)NCCC(=O)N[C@@H](C[S-])C(N)=O)[C@@H](C)CC.[CH]1[CH][CH][CH][CH]1.[Fe+2]. The number of primary amides is 4. The van der Waals surface area contributed by atoms with Crippen LogP contribution in [0.2, 0.25) is 0 Å². The summed E-state index contributed by atoms with van der Waals surface area (Å²) in [5.74, 6) is -21.1. The van der Waals surface area contributed by atoms with Crippen molar-refractivity contribution in [3.63, 3.8) is 0 Å². The minimum atomic E-state index is -2.02. The van der Waals surface area contributed by atoms with E-state index < -0.39 is 259 Å². The number of nitrogens with two attached hydrogens (primary N) is 6. The first kappa shape index (κ1) is 122. The minimum Gasteiger partial charge on any atom is -0.790 e. The molecule has 142 heavy (non-hydrogen) atoms. The maximum atomic E-state index is 15.7. The number of fused-ring (bicyclic) bond motifs is 1. The number of hydrogen-bond acceptors (Lipinski definition) is 29. The molecule has 780 valence electrons. The Bertz CT molecular complexity index is 4770. The number of nitrogens with zero attached hydrogens (tertiary/aromatic N) is 4. The molecule has 2 aromatic heterocycles. The number of H-pyrrole nitrogens is 1. The number of aliphatic carboxylic acids is 1. The van der Waals surface area contributed by atoms with Crippen molar-refractivity contribution in [3.8, 4) is 0 Å². The number of amides is 19. The number of aromatic nitrogens is 4. The number of aromatic amines is 1. The molecule has 3 fully saturated rings. The summed E-state index contributed by atoms with van der Waals surface area (Å²) >= 11 is 7.41. The number of thioether (sulfide) groups is 2. The zero-order valence-corrected chi connectivity index (χ0v) is 83.4. The van der Waals surface area contributed by atoms with E-state index in [-0.39, 0.29) is 119 Å². The molecule has 2 saturated carbocycles. The molecule has 30 N–H and O–H groups in total. The van der Waals surface area contributed by atoms with Crippen LogP contribution in [-0.4, -0.2) is 301 Å². The summed E-state index contributed by atoms with van der Waals surface area (Å²) in [5.41, 5.74) is 34.6. The Kier molecular flexibility index (Phi) is 55.0. The number of hydrogen-bond donors (Lipinski definition) is 24. The molecule has 53 heteroatoms. The van der Waals surface area contributed by atoms with Crippen LogP contribution in [0, 0.1) is 81.0 Å². The molecule has 3 aromatic rings. The summed E-state index contributed by atoms with van der Waals surface area (Å²) in [5, 5.41) is 76.8. The first-order chi connectivity index (χ1) is 67.0. The van der Waals surface area contributed by atoms with Gasteiger partial charge in [-0.3, -0.25) is 96.5 Å². The second kappa shape index (κ2) is 63.9. The first-order valence-corrected chi connectivity index (χ1v) is 49.0. The van der Waals surface area contributed by atoms with Crippen LogP contribution in [0.4, 0.5) is 0 Å². The van der Waals surface area contributed by atoms with E-state index in [1.165, 1.54) is 41.3 Å². The molecule has 1 aliphatic heterocycles. The van der Waals surface area contributed by atoms with Gasteiger partial charge in [0.2, 0.25) is 112 Å². The van der Waals surface area contributed by atoms with Crippen LogP contribution in [-0.2, 0) is 132 Å². The number of carboxylic acids is 1. The van der Waals surface area contributed by atoms with E-state index in [2.05, 4.69) is 95.0 Å². The van der Waals surface area contributed by atoms with Gasteiger partial charge in [-0.1, -0.05) is 63.9 Å². The van der Waals surface area contributed by atoms with E-state index >= 15 is 14.4 Å². The number of carbonyl (C=O) groups is 20. The van der Waals surface area contributed by atoms with E-state index in [9.17, 15) is 91.7 Å². The monoisotopic (exact) mass is 2080 g/mol. The number of benzene rings is 1. The van der Waals surface area contributed by atoms with Crippen LogP contribution < -0.4 is 119 Å². The molecule has 2 aliphatic carbocycles. The molecule has 1 aromatic carbocycles. The molecule has 0 bridgehead atoms. The average molecular weight is 2080 g/mol. The number of rotatable bonds is 62. The van der Waals surface area contributed by atoms with Crippen molar-refractivity contribution in [2.45, 2.75) is 228 Å². The van der Waals surface area contributed by atoms with Crippen molar-refractivity contribution in [3.05, 3.63) is 112 Å². The van der Waals surface area contributed by atoms with Gasteiger partial charge in [-0.2, -0.15) is 23.5 Å². The Morgan fingerprint density at radius 2 is 1.01 bits per heavy atom. The molecule has 3 aliphatic rings. The fraction of sp³-hybridized carbons (Fsp3) is 0.539. The molecular formula is C89H131FeN27O22S3. The van der Waals surface area contributed by atoms with E-state index in [0.29, 0.717) is 46.7 Å². The third kappa shape index (κ3) is 41.9. The van der Waals surface area contributed by atoms with Crippen LogP contribution >= 0.6 is 23.5 Å². The van der Waals surface area contributed by atoms with Crippen LogP contribution in [0.3, 0.4) is 0 Å². The van der Waals surface area contributed by atoms with Crippen molar-refractivity contribution in [1.82, 2.24) is 105 Å². The number of carbonyl (C=O) groups excluding carboxylic acids is 20. The summed E-state index contributed by atoms with van der Waals surface area (Å²) < 4.78 is 1.41. The van der Waals surface area contributed by atoms with Gasteiger partial charge in [0.1, 0.15) is 72.5 Å². The van der Waals surface area contributed by atoms with Gasteiger partial charge in [0.25, 0.3) is 0 Å². The molecule has 0 unspecified atom stereocenters. The second-order valence-corrected chi connectivity index (χ2v) is 35.9. The topological polar surface area (TPSA) is 795 Å². The molecule has 6 rings (SSSR count). The fourth-order valence-electron chi connectivity index (χ4n) is 14.4. The number of aliphatic hydroxyl groups excluding tert-OH is 1. The molecule has 49 nitrogen and oxygen atoms in total. The molecule has 17 atom stereocenters. The maximum Gasteiger partial charge on any atom is 2.00 e. The van der Waals surface area contributed by atoms with Gasteiger partial charge in [-0.05, 0) is 157 Å². The van der Waals surface area contributed by atoms with Crippen LogP contribution in [0.1, 0.15) is 148 Å². The van der Waals surface area contributed by atoms with Gasteiger partial charge < -0.3 is 152 Å². The van der Waals surface area contributed by atoms with E-state index in [1.807, 2.05) is 32.1 Å². The Morgan fingerprint density at radius 3 is 1.55 bits per heavy atom. The average Bonchev–Trinajstić information content (AvgIpc) is 1.64. The van der Waals surface area contributed by atoms with Gasteiger partial charge in [0.15, 0.2) is 5.96 Å². The molecule has 0 spiro atoms. The van der Waals surface area contributed by atoms with E-state index in [0.717, 1.165) is 4.90 Å². The number of carboxylic acid groups (broad SMARTS) is 1. The zero-order chi connectivity index (χ0) is 105. The predicted octanol–water partition coefficient (Wildman–Crippen LogP) is -8.47. The summed E-state index contributed by atoms with van der Waals surface area (Å²) in [6, 6.07) is -16.0. The summed E-state index contributed by atoms with van der Waals surface area (Å²) in [7, 11) is 0. The number of guanidine groups is 1. The van der Waals surface area contributed by atoms with Crippen LogP contribution in [0.5, 0.6) is 0 Å². The zero-order valence-electron chi connectivity index (χ0n) is 79.8. The number of para-hydroxylation sites is 1. The predicted molar refractivity (Wildman–Crippen MR) is 517 cm³/mol. The first-order valence-electron chi connectivity index (χ1n) is 45.7. The van der Waals surface area contributed by atoms with Gasteiger partial charge in [-0.15, -0.1) is 10.9 Å². The number of nitrogens with one attached hydrogen (secondary N) is 17. The van der Waals surface area contributed by atoms with Gasteiger partial charge in [0, 0.05) is 93.5 Å².